The number of aryl methyl sites for hydroxylation is 1. The quantitative estimate of drug-likeness (QED) is 0.760. The molecule has 1 aromatic heterocycles. The molecule has 1 aliphatic rings. The minimum Gasteiger partial charge on any atom is -0.311 e. The van der Waals surface area contributed by atoms with E-state index < -0.39 is 0 Å². The highest BCUT2D eigenvalue weighted by Crippen LogP contribution is 2.24. The second-order valence-electron chi connectivity index (χ2n) is 4.26. The van der Waals surface area contributed by atoms with Gasteiger partial charge in [-0.3, -0.25) is 9.78 Å². The van der Waals surface area contributed by atoms with E-state index in [2.05, 4.69) is 16.9 Å². The molecule has 82 valence electrons. The highest BCUT2D eigenvalue weighted by molar-refractivity contribution is 5.19. The molecule has 0 aromatic carbocycles. The standard InChI is InChI=1S/C11H16N2O2/c1-2-3-7-4-5-9-8(6-7)10(14)13-11(15)12-9/h7H,2-6H2,1H3,(H2,12,13,14,15). The summed E-state index contributed by atoms with van der Waals surface area (Å²) in [6, 6.07) is 0. The molecule has 0 fully saturated rings. The molecule has 2 rings (SSSR count). The van der Waals surface area contributed by atoms with Gasteiger partial charge in [-0.1, -0.05) is 19.8 Å². The molecule has 0 saturated carbocycles. The van der Waals surface area contributed by atoms with Crippen LogP contribution in [0.4, 0.5) is 0 Å². The number of rotatable bonds is 2. The van der Waals surface area contributed by atoms with Gasteiger partial charge in [0.15, 0.2) is 0 Å². The lowest BCUT2D eigenvalue weighted by molar-refractivity contribution is 0.414. The fourth-order valence-electron chi connectivity index (χ4n) is 2.38. The van der Waals surface area contributed by atoms with Crippen molar-refractivity contribution in [3.63, 3.8) is 0 Å². The van der Waals surface area contributed by atoms with E-state index >= 15 is 0 Å². The molecule has 1 unspecified atom stereocenters. The van der Waals surface area contributed by atoms with Crippen LogP contribution in [-0.2, 0) is 12.8 Å². The van der Waals surface area contributed by atoms with Crippen molar-refractivity contribution in [1.82, 2.24) is 9.97 Å². The van der Waals surface area contributed by atoms with Gasteiger partial charge in [0.2, 0.25) is 0 Å². The van der Waals surface area contributed by atoms with Gasteiger partial charge in [-0.25, -0.2) is 4.79 Å². The fourth-order valence-corrected chi connectivity index (χ4v) is 2.38. The lowest BCUT2D eigenvalue weighted by Gasteiger charge is -2.22. The third-order valence-corrected chi connectivity index (χ3v) is 3.12. The largest absolute Gasteiger partial charge is 0.325 e. The molecular weight excluding hydrogens is 192 g/mol. The SMILES string of the molecule is CCCC1CCc2[nH]c(=O)[nH]c(=O)c2C1. The van der Waals surface area contributed by atoms with Crippen LogP contribution in [0.5, 0.6) is 0 Å². The van der Waals surface area contributed by atoms with Crippen LogP contribution in [0.25, 0.3) is 0 Å². The maximum atomic E-state index is 11.6. The Morgan fingerprint density at radius 2 is 2.13 bits per heavy atom. The number of aromatic amines is 2. The van der Waals surface area contributed by atoms with Gasteiger partial charge < -0.3 is 4.98 Å². The Hall–Kier alpha value is -1.32. The lowest BCUT2D eigenvalue weighted by Crippen LogP contribution is -2.32. The molecule has 0 amide bonds. The van der Waals surface area contributed by atoms with Crippen LogP contribution >= 0.6 is 0 Å². The second kappa shape index (κ2) is 4.04. The molecule has 0 aliphatic heterocycles. The number of nitrogens with one attached hydrogen (secondary N) is 2. The highest BCUT2D eigenvalue weighted by atomic mass is 16.2. The van der Waals surface area contributed by atoms with Crippen LogP contribution in [0.3, 0.4) is 0 Å². The summed E-state index contributed by atoms with van der Waals surface area (Å²) in [5.74, 6) is 0.606. The monoisotopic (exact) mass is 208 g/mol. The molecule has 0 spiro atoms. The molecule has 4 heteroatoms. The Balaban J connectivity index is 2.33. The molecule has 0 bridgehead atoms. The van der Waals surface area contributed by atoms with E-state index in [1.807, 2.05) is 0 Å². The maximum absolute atomic E-state index is 11.6. The van der Waals surface area contributed by atoms with E-state index in [1.165, 1.54) is 0 Å². The predicted octanol–water partition coefficient (Wildman–Crippen LogP) is 0.968. The minimum atomic E-state index is -0.382. The zero-order valence-corrected chi connectivity index (χ0v) is 8.93. The van der Waals surface area contributed by atoms with Crippen molar-refractivity contribution in [2.75, 3.05) is 0 Å². The van der Waals surface area contributed by atoms with Crippen molar-refractivity contribution in [2.24, 2.45) is 5.92 Å². The van der Waals surface area contributed by atoms with E-state index in [4.69, 9.17) is 0 Å². The lowest BCUT2D eigenvalue weighted by atomic mass is 9.84. The first-order valence-corrected chi connectivity index (χ1v) is 5.55. The number of aromatic nitrogens is 2. The van der Waals surface area contributed by atoms with Crippen LogP contribution in [0.2, 0.25) is 0 Å². The van der Waals surface area contributed by atoms with Crippen LogP contribution in [-0.4, -0.2) is 9.97 Å². The van der Waals surface area contributed by atoms with E-state index in [0.717, 1.165) is 43.4 Å². The molecule has 0 radical (unpaired) electrons. The summed E-state index contributed by atoms with van der Waals surface area (Å²) in [5, 5.41) is 0. The molecule has 0 saturated heterocycles. The average molecular weight is 208 g/mol. The van der Waals surface area contributed by atoms with Crippen molar-refractivity contribution in [3.8, 4) is 0 Å². The third-order valence-electron chi connectivity index (χ3n) is 3.12. The normalized spacial score (nSPS) is 19.9. The summed E-state index contributed by atoms with van der Waals surface area (Å²) in [6.45, 7) is 2.16. The van der Waals surface area contributed by atoms with Gasteiger partial charge in [0.1, 0.15) is 0 Å². The van der Waals surface area contributed by atoms with Gasteiger partial charge in [-0.05, 0) is 25.2 Å². The number of H-pyrrole nitrogens is 2. The first-order valence-electron chi connectivity index (χ1n) is 5.55. The summed E-state index contributed by atoms with van der Waals surface area (Å²) in [7, 11) is 0. The van der Waals surface area contributed by atoms with E-state index in [9.17, 15) is 9.59 Å². The summed E-state index contributed by atoms with van der Waals surface area (Å²) in [6.07, 6.45) is 5.05. The fraction of sp³-hybridized carbons (Fsp3) is 0.636. The van der Waals surface area contributed by atoms with Crippen LogP contribution < -0.4 is 11.2 Å². The Labute approximate surface area is 87.7 Å². The summed E-state index contributed by atoms with van der Waals surface area (Å²) < 4.78 is 0. The molecule has 4 nitrogen and oxygen atoms in total. The Morgan fingerprint density at radius 1 is 1.33 bits per heavy atom. The van der Waals surface area contributed by atoms with E-state index in [1.54, 1.807) is 0 Å². The Morgan fingerprint density at radius 3 is 2.87 bits per heavy atom. The third kappa shape index (κ3) is 2.03. The molecule has 1 heterocycles. The van der Waals surface area contributed by atoms with Crippen molar-refractivity contribution < 1.29 is 0 Å². The van der Waals surface area contributed by atoms with Gasteiger partial charge in [0, 0.05) is 11.3 Å². The number of hydrogen-bond acceptors (Lipinski definition) is 2. The van der Waals surface area contributed by atoms with Crippen molar-refractivity contribution in [3.05, 3.63) is 32.1 Å². The first kappa shape index (κ1) is 10.2. The van der Waals surface area contributed by atoms with E-state index in [0.29, 0.717) is 5.92 Å². The van der Waals surface area contributed by atoms with E-state index in [-0.39, 0.29) is 11.2 Å². The predicted molar refractivity (Wildman–Crippen MR) is 58.1 cm³/mol. The van der Waals surface area contributed by atoms with Gasteiger partial charge in [0.25, 0.3) is 5.56 Å². The number of fused-ring (bicyclic) bond motifs is 1. The molecule has 1 atom stereocenters. The van der Waals surface area contributed by atoms with Gasteiger partial charge in [0.05, 0.1) is 0 Å². The second-order valence-corrected chi connectivity index (χ2v) is 4.26. The molecular formula is C11H16N2O2. The van der Waals surface area contributed by atoms with Crippen LogP contribution in [0.1, 0.15) is 37.4 Å². The first-order chi connectivity index (χ1) is 7.20. The van der Waals surface area contributed by atoms with Gasteiger partial charge in [-0.2, -0.15) is 0 Å². The maximum Gasteiger partial charge on any atom is 0.325 e. The van der Waals surface area contributed by atoms with Gasteiger partial charge >= 0.3 is 5.69 Å². The zero-order valence-electron chi connectivity index (χ0n) is 8.93. The smallest absolute Gasteiger partial charge is 0.311 e. The minimum absolute atomic E-state index is 0.199. The summed E-state index contributed by atoms with van der Waals surface area (Å²) >= 11 is 0. The summed E-state index contributed by atoms with van der Waals surface area (Å²) in [4.78, 5) is 27.6. The Bertz CT molecular complexity index is 458. The topological polar surface area (TPSA) is 65.7 Å². The van der Waals surface area contributed by atoms with Crippen molar-refractivity contribution in [2.45, 2.75) is 39.0 Å². The number of hydrogen-bond donors (Lipinski definition) is 2. The molecule has 2 N–H and O–H groups in total. The summed E-state index contributed by atoms with van der Waals surface area (Å²) in [5.41, 5.74) is 1.05. The van der Waals surface area contributed by atoms with Crippen LogP contribution in [0, 0.1) is 5.92 Å². The molecule has 1 aromatic rings. The van der Waals surface area contributed by atoms with Crippen molar-refractivity contribution in [1.29, 1.82) is 0 Å². The van der Waals surface area contributed by atoms with Gasteiger partial charge in [-0.15, -0.1) is 0 Å². The molecule has 15 heavy (non-hydrogen) atoms. The highest BCUT2D eigenvalue weighted by Gasteiger charge is 2.21. The average Bonchev–Trinajstić information content (AvgIpc) is 2.19. The molecule has 1 aliphatic carbocycles. The van der Waals surface area contributed by atoms with Crippen molar-refractivity contribution >= 4 is 0 Å². The van der Waals surface area contributed by atoms with Crippen LogP contribution in [0.15, 0.2) is 9.59 Å². The Kier molecular flexibility index (Phi) is 2.75. The zero-order chi connectivity index (χ0) is 10.8.